The molecular weight excluding hydrogens is 240 g/mol. The first-order chi connectivity index (χ1) is 9.02. The molecule has 1 saturated heterocycles. The number of nitrogens with zero attached hydrogens (tertiary/aromatic N) is 1. The summed E-state index contributed by atoms with van der Waals surface area (Å²) in [5, 5.41) is 0. The standard InChI is InChI=1S/C15H24N2O2/c1-10-4-5-11(2)17(10)9-12-6-7-14(16)13(8-12)15(18)19-3/h7-8,10-12H,4-6,9,16H2,1-3H3. The van der Waals surface area contributed by atoms with E-state index in [0.717, 1.165) is 13.0 Å². The van der Waals surface area contributed by atoms with E-state index < -0.39 is 0 Å². The van der Waals surface area contributed by atoms with Gasteiger partial charge in [0.25, 0.3) is 0 Å². The predicted octanol–water partition coefficient (Wildman–Crippen LogP) is 1.82. The average molecular weight is 264 g/mol. The number of allylic oxidation sites excluding steroid dienone is 1. The van der Waals surface area contributed by atoms with Crippen LogP contribution in [-0.4, -0.2) is 36.6 Å². The Labute approximate surface area is 115 Å². The highest BCUT2D eigenvalue weighted by Crippen LogP contribution is 2.28. The zero-order valence-corrected chi connectivity index (χ0v) is 12.1. The fourth-order valence-corrected chi connectivity index (χ4v) is 3.09. The fraction of sp³-hybridized carbons (Fsp3) is 0.667. The maximum atomic E-state index is 11.7. The van der Waals surface area contributed by atoms with Gasteiger partial charge >= 0.3 is 5.97 Å². The molecule has 4 heteroatoms. The molecule has 1 heterocycles. The van der Waals surface area contributed by atoms with E-state index in [-0.39, 0.29) is 5.97 Å². The molecule has 2 aliphatic rings. The van der Waals surface area contributed by atoms with Crippen LogP contribution < -0.4 is 5.73 Å². The summed E-state index contributed by atoms with van der Waals surface area (Å²) in [6.07, 6.45) is 7.36. The Hall–Kier alpha value is -1.29. The van der Waals surface area contributed by atoms with Gasteiger partial charge in [-0.25, -0.2) is 4.79 Å². The lowest BCUT2D eigenvalue weighted by molar-refractivity contribution is -0.135. The van der Waals surface area contributed by atoms with Crippen molar-refractivity contribution in [1.29, 1.82) is 0 Å². The molecule has 0 aromatic heterocycles. The molecule has 0 saturated carbocycles. The van der Waals surface area contributed by atoms with E-state index in [4.69, 9.17) is 10.5 Å². The SMILES string of the molecule is COC(=O)C1=CC(CN2C(C)CCC2C)CC=C1N. The third-order valence-corrected chi connectivity index (χ3v) is 4.34. The molecule has 3 unspecified atom stereocenters. The molecule has 0 aromatic rings. The first kappa shape index (κ1) is 14.1. The largest absolute Gasteiger partial charge is 0.465 e. The van der Waals surface area contributed by atoms with E-state index >= 15 is 0 Å². The highest BCUT2D eigenvalue weighted by atomic mass is 16.5. The first-order valence-corrected chi connectivity index (χ1v) is 7.04. The van der Waals surface area contributed by atoms with Gasteiger partial charge in [-0.1, -0.05) is 12.2 Å². The lowest BCUT2D eigenvalue weighted by Crippen LogP contribution is -2.37. The van der Waals surface area contributed by atoms with Crippen molar-refractivity contribution in [3.8, 4) is 0 Å². The summed E-state index contributed by atoms with van der Waals surface area (Å²) >= 11 is 0. The average Bonchev–Trinajstić information content (AvgIpc) is 2.71. The summed E-state index contributed by atoms with van der Waals surface area (Å²) in [5.41, 5.74) is 6.93. The number of rotatable bonds is 3. The molecule has 1 aliphatic heterocycles. The number of methoxy groups -OCH3 is 1. The summed E-state index contributed by atoms with van der Waals surface area (Å²) < 4.78 is 4.78. The summed E-state index contributed by atoms with van der Waals surface area (Å²) in [4.78, 5) is 14.2. The minimum absolute atomic E-state index is 0.332. The van der Waals surface area contributed by atoms with E-state index in [1.807, 2.05) is 12.2 Å². The number of hydrogen-bond donors (Lipinski definition) is 1. The number of carbonyl (C=O) groups excluding carboxylic acids is 1. The number of nitrogens with two attached hydrogens (primary N) is 1. The van der Waals surface area contributed by atoms with Crippen molar-refractivity contribution >= 4 is 5.97 Å². The number of likely N-dealkylation sites (tertiary alicyclic amines) is 1. The van der Waals surface area contributed by atoms with Gasteiger partial charge in [-0.2, -0.15) is 0 Å². The minimum atomic E-state index is -0.332. The highest BCUT2D eigenvalue weighted by Gasteiger charge is 2.30. The molecule has 0 amide bonds. The molecule has 19 heavy (non-hydrogen) atoms. The van der Waals surface area contributed by atoms with Gasteiger partial charge in [0.2, 0.25) is 0 Å². The Balaban J connectivity index is 2.06. The smallest absolute Gasteiger partial charge is 0.339 e. The van der Waals surface area contributed by atoms with Gasteiger partial charge in [-0.3, -0.25) is 4.90 Å². The van der Waals surface area contributed by atoms with Gasteiger partial charge in [-0.05, 0) is 39.0 Å². The van der Waals surface area contributed by atoms with Gasteiger partial charge in [-0.15, -0.1) is 0 Å². The monoisotopic (exact) mass is 264 g/mol. The second-order valence-corrected chi connectivity index (χ2v) is 5.70. The van der Waals surface area contributed by atoms with Crippen LogP contribution in [0.5, 0.6) is 0 Å². The number of ether oxygens (including phenoxy) is 1. The molecule has 3 atom stereocenters. The Morgan fingerprint density at radius 2 is 2.05 bits per heavy atom. The molecule has 1 aliphatic carbocycles. The van der Waals surface area contributed by atoms with Crippen LogP contribution in [0.25, 0.3) is 0 Å². The van der Waals surface area contributed by atoms with Crippen molar-refractivity contribution in [2.75, 3.05) is 13.7 Å². The lowest BCUT2D eigenvalue weighted by Gasteiger charge is -2.30. The van der Waals surface area contributed by atoms with Crippen molar-refractivity contribution in [3.63, 3.8) is 0 Å². The molecule has 2 N–H and O–H groups in total. The first-order valence-electron chi connectivity index (χ1n) is 7.04. The predicted molar refractivity (Wildman–Crippen MR) is 75.3 cm³/mol. The van der Waals surface area contributed by atoms with E-state index in [1.165, 1.54) is 20.0 Å². The number of esters is 1. The van der Waals surface area contributed by atoms with E-state index in [9.17, 15) is 4.79 Å². The van der Waals surface area contributed by atoms with Gasteiger partial charge < -0.3 is 10.5 Å². The summed E-state index contributed by atoms with van der Waals surface area (Å²) in [7, 11) is 1.39. The highest BCUT2D eigenvalue weighted by molar-refractivity contribution is 5.93. The second-order valence-electron chi connectivity index (χ2n) is 5.70. The van der Waals surface area contributed by atoms with Gasteiger partial charge in [0.15, 0.2) is 0 Å². The van der Waals surface area contributed by atoms with Crippen LogP contribution in [0.15, 0.2) is 23.4 Å². The Morgan fingerprint density at radius 3 is 2.63 bits per heavy atom. The molecule has 2 rings (SSSR count). The van der Waals surface area contributed by atoms with Crippen molar-refractivity contribution in [3.05, 3.63) is 23.4 Å². The summed E-state index contributed by atoms with van der Waals surface area (Å²) in [6, 6.07) is 1.27. The minimum Gasteiger partial charge on any atom is -0.465 e. The quantitative estimate of drug-likeness (QED) is 0.790. The van der Waals surface area contributed by atoms with Crippen LogP contribution in [-0.2, 0) is 9.53 Å². The zero-order valence-electron chi connectivity index (χ0n) is 12.1. The Bertz CT molecular complexity index is 404. The maximum absolute atomic E-state index is 11.7. The molecule has 0 bridgehead atoms. The van der Waals surface area contributed by atoms with E-state index in [0.29, 0.717) is 29.3 Å². The number of hydrogen-bond acceptors (Lipinski definition) is 4. The maximum Gasteiger partial charge on any atom is 0.339 e. The molecular formula is C15H24N2O2. The van der Waals surface area contributed by atoms with Gasteiger partial charge in [0.05, 0.1) is 12.7 Å². The van der Waals surface area contributed by atoms with E-state index in [2.05, 4.69) is 18.7 Å². The number of carbonyl (C=O) groups is 1. The van der Waals surface area contributed by atoms with Crippen LogP contribution in [0.1, 0.15) is 33.1 Å². The normalized spacial score (nSPS) is 31.8. The fourth-order valence-electron chi connectivity index (χ4n) is 3.09. The molecule has 0 aromatic carbocycles. The van der Waals surface area contributed by atoms with Crippen LogP contribution in [0.3, 0.4) is 0 Å². The second kappa shape index (κ2) is 5.78. The molecule has 1 fully saturated rings. The lowest BCUT2D eigenvalue weighted by atomic mass is 9.93. The van der Waals surface area contributed by atoms with Crippen LogP contribution >= 0.6 is 0 Å². The Morgan fingerprint density at radius 1 is 1.42 bits per heavy atom. The summed E-state index contributed by atoms with van der Waals surface area (Å²) in [6.45, 7) is 5.55. The zero-order chi connectivity index (χ0) is 14.0. The van der Waals surface area contributed by atoms with Crippen LogP contribution in [0, 0.1) is 5.92 Å². The Kier molecular flexibility index (Phi) is 4.30. The van der Waals surface area contributed by atoms with Gasteiger partial charge in [0, 0.05) is 24.3 Å². The van der Waals surface area contributed by atoms with Crippen molar-refractivity contribution in [2.24, 2.45) is 11.7 Å². The molecule has 0 radical (unpaired) electrons. The van der Waals surface area contributed by atoms with Crippen LogP contribution in [0.2, 0.25) is 0 Å². The molecule has 0 spiro atoms. The third kappa shape index (κ3) is 3.00. The van der Waals surface area contributed by atoms with Crippen molar-refractivity contribution in [1.82, 2.24) is 4.90 Å². The van der Waals surface area contributed by atoms with Crippen molar-refractivity contribution in [2.45, 2.75) is 45.2 Å². The van der Waals surface area contributed by atoms with Crippen molar-refractivity contribution < 1.29 is 9.53 Å². The van der Waals surface area contributed by atoms with E-state index in [1.54, 1.807) is 0 Å². The summed E-state index contributed by atoms with van der Waals surface area (Å²) in [5.74, 6) is 0.0189. The van der Waals surface area contributed by atoms with Gasteiger partial charge in [0.1, 0.15) is 0 Å². The molecule has 106 valence electrons. The third-order valence-electron chi connectivity index (χ3n) is 4.34. The molecule has 4 nitrogen and oxygen atoms in total. The van der Waals surface area contributed by atoms with Crippen LogP contribution in [0.4, 0.5) is 0 Å². The topological polar surface area (TPSA) is 55.6 Å².